The maximum atomic E-state index is 15.2. The van der Waals surface area contributed by atoms with Crippen LogP contribution in [0.5, 0.6) is 0 Å². The molecule has 0 spiro atoms. The molecule has 2 N–H and O–H groups in total. The number of pyridine rings is 2. The number of nitrogens with one attached hydrogen (secondary N) is 1. The second-order valence-electron chi connectivity index (χ2n) is 8.03. The molecule has 3 fully saturated rings. The summed E-state index contributed by atoms with van der Waals surface area (Å²) in [6.07, 6.45) is 4.16. The van der Waals surface area contributed by atoms with E-state index in [1.54, 1.807) is 0 Å². The van der Waals surface area contributed by atoms with E-state index in [0.29, 0.717) is 17.1 Å². The van der Waals surface area contributed by atoms with E-state index < -0.39 is 17.3 Å². The first-order valence-corrected chi connectivity index (χ1v) is 9.56. The molecular formula is C20H22FN3O3. The van der Waals surface area contributed by atoms with Crippen LogP contribution in [0.2, 0.25) is 0 Å². The van der Waals surface area contributed by atoms with Crippen LogP contribution in [0.15, 0.2) is 17.1 Å². The number of rotatable bonds is 3. The van der Waals surface area contributed by atoms with Gasteiger partial charge in [0.25, 0.3) is 5.56 Å². The van der Waals surface area contributed by atoms with Crippen LogP contribution in [0.3, 0.4) is 0 Å². The lowest BCUT2D eigenvalue weighted by atomic mass is 10.0. The van der Waals surface area contributed by atoms with Crippen LogP contribution in [0.25, 0.3) is 5.52 Å². The summed E-state index contributed by atoms with van der Waals surface area (Å²) in [6.45, 7) is 4.47. The predicted octanol–water partition coefficient (Wildman–Crippen LogP) is 2.12. The van der Waals surface area contributed by atoms with Crippen LogP contribution < -0.4 is 15.8 Å². The molecule has 27 heavy (non-hydrogen) atoms. The number of fused-ring (bicyclic) bond motifs is 2. The fraction of sp³-hybridized carbons (Fsp3) is 0.500. The Morgan fingerprint density at radius 3 is 2.78 bits per heavy atom. The molecule has 5 rings (SSSR count). The third kappa shape index (κ3) is 2.41. The van der Waals surface area contributed by atoms with Gasteiger partial charge in [0.15, 0.2) is 5.82 Å². The molecule has 3 aliphatic rings. The Morgan fingerprint density at radius 2 is 2.07 bits per heavy atom. The van der Waals surface area contributed by atoms with Crippen molar-refractivity contribution in [2.24, 2.45) is 5.92 Å². The number of aromatic carboxylic acids is 1. The number of hydrogen-bond donors (Lipinski definition) is 2. The van der Waals surface area contributed by atoms with Crippen molar-refractivity contribution in [2.75, 3.05) is 24.5 Å². The van der Waals surface area contributed by atoms with Crippen LogP contribution >= 0.6 is 0 Å². The van der Waals surface area contributed by atoms with Gasteiger partial charge in [0, 0.05) is 25.7 Å². The van der Waals surface area contributed by atoms with Gasteiger partial charge in [-0.2, -0.15) is 0 Å². The third-order valence-corrected chi connectivity index (χ3v) is 6.42. The van der Waals surface area contributed by atoms with E-state index >= 15 is 4.39 Å². The number of carboxylic acids is 1. The molecule has 0 radical (unpaired) electrons. The van der Waals surface area contributed by atoms with E-state index in [1.807, 2.05) is 6.92 Å². The monoisotopic (exact) mass is 371 g/mol. The Labute approximate surface area is 155 Å². The minimum Gasteiger partial charge on any atom is -0.477 e. The molecule has 1 aliphatic carbocycles. The smallest absolute Gasteiger partial charge is 0.341 e. The summed E-state index contributed by atoms with van der Waals surface area (Å²) < 4.78 is 16.4. The Hall–Kier alpha value is -2.41. The Bertz CT molecular complexity index is 1030. The molecule has 142 valence electrons. The summed E-state index contributed by atoms with van der Waals surface area (Å²) in [5.41, 5.74) is 1.87. The number of aromatic nitrogens is 1. The molecular weight excluding hydrogens is 349 g/mol. The van der Waals surface area contributed by atoms with Crippen molar-refractivity contribution in [3.8, 4) is 0 Å². The van der Waals surface area contributed by atoms with E-state index in [1.165, 1.54) is 16.7 Å². The molecule has 2 saturated heterocycles. The van der Waals surface area contributed by atoms with Crippen molar-refractivity contribution in [3.05, 3.63) is 45.1 Å². The number of anilines is 1. The molecule has 2 aromatic heterocycles. The van der Waals surface area contributed by atoms with Crippen LogP contribution in [0.1, 0.15) is 46.7 Å². The molecule has 0 aromatic carbocycles. The Morgan fingerprint density at radius 1 is 1.30 bits per heavy atom. The third-order valence-electron chi connectivity index (χ3n) is 6.42. The molecule has 2 aromatic rings. The summed E-state index contributed by atoms with van der Waals surface area (Å²) in [4.78, 5) is 26.3. The normalized spacial score (nSPS) is 24.6. The predicted molar refractivity (Wildman–Crippen MR) is 99.4 cm³/mol. The fourth-order valence-electron chi connectivity index (χ4n) is 4.98. The van der Waals surface area contributed by atoms with E-state index in [-0.39, 0.29) is 17.5 Å². The molecule has 1 saturated carbocycles. The average molecular weight is 371 g/mol. The zero-order valence-corrected chi connectivity index (χ0v) is 15.2. The van der Waals surface area contributed by atoms with Crippen LogP contribution in [0.4, 0.5) is 10.1 Å². The highest BCUT2D eigenvalue weighted by Gasteiger charge is 2.40. The number of carboxylic acid groups (broad SMARTS) is 1. The van der Waals surface area contributed by atoms with Gasteiger partial charge >= 0.3 is 5.97 Å². The molecule has 0 bridgehead atoms. The number of aryl methyl sites for hydroxylation is 1. The van der Waals surface area contributed by atoms with Gasteiger partial charge in [0.1, 0.15) is 5.56 Å². The molecule has 4 heterocycles. The number of hydrogen-bond acceptors (Lipinski definition) is 4. The fourth-order valence-corrected chi connectivity index (χ4v) is 4.98. The topological polar surface area (TPSA) is 74.0 Å². The van der Waals surface area contributed by atoms with Crippen molar-refractivity contribution in [2.45, 2.75) is 38.1 Å². The lowest BCUT2D eigenvalue weighted by Crippen LogP contribution is -2.36. The van der Waals surface area contributed by atoms with Gasteiger partial charge in [0.05, 0.1) is 17.4 Å². The summed E-state index contributed by atoms with van der Waals surface area (Å²) in [6, 6.07) is 1.78. The van der Waals surface area contributed by atoms with Crippen molar-refractivity contribution < 1.29 is 14.3 Å². The summed E-state index contributed by atoms with van der Waals surface area (Å²) >= 11 is 0. The highest BCUT2D eigenvalue weighted by atomic mass is 19.1. The lowest BCUT2D eigenvalue weighted by Gasteiger charge is -2.29. The average Bonchev–Trinajstić information content (AvgIpc) is 3.23. The zero-order valence-electron chi connectivity index (χ0n) is 15.2. The van der Waals surface area contributed by atoms with Gasteiger partial charge in [-0.3, -0.25) is 9.20 Å². The van der Waals surface area contributed by atoms with E-state index in [2.05, 4.69) is 10.2 Å². The van der Waals surface area contributed by atoms with Gasteiger partial charge in [0.2, 0.25) is 0 Å². The summed E-state index contributed by atoms with van der Waals surface area (Å²) in [5.74, 6) is -0.952. The second-order valence-corrected chi connectivity index (χ2v) is 8.03. The first-order chi connectivity index (χ1) is 13.0. The first kappa shape index (κ1) is 16.7. The Kier molecular flexibility index (Phi) is 3.59. The number of carbonyl (C=O) groups is 1. The van der Waals surface area contributed by atoms with Gasteiger partial charge in [-0.15, -0.1) is 0 Å². The van der Waals surface area contributed by atoms with E-state index in [0.717, 1.165) is 50.0 Å². The maximum Gasteiger partial charge on any atom is 0.341 e. The lowest BCUT2D eigenvalue weighted by molar-refractivity contribution is 0.0694. The highest BCUT2D eigenvalue weighted by molar-refractivity contribution is 5.89. The van der Waals surface area contributed by atoms with Crippen molar-refractivity contribution in [3.63, 3.8) is 0 Å². The summed E-state index contributed by atoms with van der Waals surface area (Å²) in [7, 11) is 0. The van der Waals surface area contributed by atoms with Crippen molar-refractivity contribution >= 4 is 17.2 Å². The molecule has 6 nitrogen and oxygen atoms in total. The maximum absolute atomic E-state index is 15.2. The molecule has 0 unspecified atom stereocenters. The van der Waals surface area contributed by atoms with Crippen LogP contribution in [0, 0.1) is 18.7 Å². The van der Waals surface area contributed by atoms with E-state index in [9.17, 15) is 14.7 Å². The standard InChI is InChI=1S/C20H22FN3O3/c1-10-17-13(11-2-3-11)6-14(20(26)27)19(25)24(17)9-15(21)18(10)23-5-4-12-7-22-8-16(12)23/h6,9,11-12,16,22H,2-5,7-8H2,1H3,(H,26,27)/t12-,16+/m0/s1. The van der Waals surface area contributed by atoms with Gasteiger partial charge < -0.3 is 15.3 Å². The van der Waals surface area contributed by atoms with Crippen LogP contribution in [-0.2, 0) is 0 Å². The Balaban J connectivity index is 1.77. The molecule has 2 aliphatic heterocycles. The molecule has 2 atom stereocenters. The first-order valence-electron chi connectivity index (χ1n) is 9.56. The zero-order chi connectivity index (χ0) is 18.9. The van der Waals surface area contributed by atoms with Crippen molar-refractivity contribution in [1.82, 2.24) is 9.72 Å². The largest absolute Gasteiger partial charge is 0.477 e. The van der Waals surface area contributed by atoms with Crippen molar-refractivity contribution in [1.29, 1.82) is 0 Å². The van der Waals surface area contributed by atoms with E-state index in [4.69, 9.17) is 0 Å². The highest BCUT2D eigenvalue weighted by Crippen LogP contribution is 2.44. The van der Waals surface area contributed by atoms with Gasteiger partial charge in [-0.05, 0) is 55.2 Å². The SMILES string of the molecule is Cc1c(N2CC[C@H]3CNC[C@H]32)c(F)cn2c(=O)c(C(=O)O)cc(C3CC3)c12. The molecule has 0 amide bonds. The number of nitrogens with zero attached hydrogens (tertiary/aromatic N) is 2. The summed E-state index contributed by atoms with van der Waals surface area (Å²) in [5, 5.41) is 12.8. The molecule has 7 heteroatoms. The minimum absolute atomic E-state index is 0.246. The quantitative estimate of drug-likeness (QED) is 0.865. The second kappa shape index (κ2) is 5.79. The van der Waals surface area contributed by atoms with Gasteiger partial charge in [-0.25, -0.2) is 9.18 Å². The van der Waals surface area contributed by atoms with Crippen LogP contribution in [-0.4, -0.2) is 41.2 Å². The minimum atomic E-state index is -1.27. The number of halogens is 1. The van der Waals surface area contributed by atoms with Gasteiger partial charge in [-0.1, -0.05) is 0 Å².